The van der Waals surface area contributed by atoms with Crippen molar-refractivity contribution in [3.05, 3.63) is 52.6 Å². The molecule has 25 heavy (non-hydrogen) atoms. The average Bonchev–Trinajstić information content (AvgIpc) is 3.08. The Morgan fingerprint density at radius 1 is 1.00 bits per heavy atom. The van der Waals surface area contributed by atoms with Gasteiger partial charge in [0, 0.05) is 12.1 Å². The summed E-state index contributed by atoms with van der Waals surface area (Å²) in [6.07, 6.45) is -0.132. The smallest absolute Gasteiger partial charge is 0.262 e. The normalized spacial score (nSPS) is 13.0. The zero-order chi connectivity index (χ0) is 18.3. The van der Waals surface area contributed by atoms with E-state index in [1.165, 1.54) is 26.4 Å². The number of amides is 1. The molecule has 0 atom stereocenters. The zero-order valence-corrected chi connectivity index (χ0v) is 13.3. The molecule has 0 spiro atoms. The minimum absolute atomic E-state index is 0.0271. The molecule has 8 heteroatoms. The number of nitrogens with zero attached hydrogens (tertiary/aromatic N) is 1. The number of rotatable bonds is 3. The summed E-state index contributed by atoms with van der Waals surface area (Å²) in [5, 5.41) is 0. The Kier molecular flexibility index (Phi) is 4.28. The summed E-state index contributed by atoms with van der Waals surface area (Å²) in [4.78, 5) is 13.7. The first kappa shape index (κ1) is 17.1. The Morgan fingerprint density at radius 3 is 2.32 bits per heavy atom. The molecule has 132 valence electrons. The molecule has 1 amide bonds. The Hall–Kier alpha value is -2.77. The van der Waals surface area contributed by atoms with Crippen LogP contribution in [0.2, 0.25) is 0 Å². The van der Waals surface area contributed by atoms with Gasteiger partial charge in [-0.3, -0.25) is 4.79 Å². The van der Waals surface area contributed by atoms with E-state index in [2.05, 4.69) is 0 Å². The molecule has 0 N–H and O–H groups in total. The van der Waals surface area contributed by atoms with Crippen LogP contribution in [0.4, 0.5) is 23.2 Å². The van der Waals surface area contributed by atoms with Gasteiger partial charge in [-0.1, -0.05) is 6.07 Å². The highest BCUT2D eigenvalue weighted by atomic mass is 19.2. The SMILES string of the molecule is COc1cccc(C(=O)N2CCc3c(F)c(F)c(F)c(F)c32)c1OC. The maximum absolute atomic E-state index is 14.2. The largest absolute Gasteiger partial charge is 0.493 e. The number of halogens is 4. The Balaban J connectivity index is 2.12. The van der Waals surface area contributed by atoms with E-state index in [0.29, 0.717) is 0 Å². The second kappa shape index (κ2) is 6.27. The lowest BCUT2D eigenvalue weighted by atomic mass is 10.1. The number of benzene rings is 2. The van der Waals surface area contributed by atoms with Crippen LogP contribution in [-0.2, 0) is 6.42 Å². The van der Waals surface area contributed by atoms with Gasteiger partial charge >= 0.3 is 0 Å². The second-order valence-corrected chi connectivity index (χ2v) is 5.33. The minimum atomic E-state index is -1.95. The van der Waals surface area contributed by atoms with Crippen LogP contribution >= 0.6 is 0 Å². The highest BCUT2D eigenvalue weighted by Gasteiger charge is 2.36. The summed E-state index contributed by atoms with van der Waals surface area (Å²) in [6.45, 7) is -0.120. The highest BCUT2D eigenvalue weighted by molar-refractivity contribution is 6.09. The van der Waals surface area contributed by atoms with Crippen molar-refractivity contribution >= 4 is 11.6 Å². The van der Waals surface area contributed by atoms with Crippen molar-refractivity contribution in [3.63, 3.8) is 0 Å². The molecule has 1 aliphatic heterocycles. The van der Waals surface area contributed by atoms with Gasteiger partial charge in [0.2, 0.25) is 0 Å². The van der Waals surface area contributed by atoms with Crippen molar-refractivity contribution in [2.75, 3.05) is 25.7 Å². The van der Waals surface area contributed by atoms with Crippen LogP contribution in [0.15, 0.2) is 18.2 Å². The number of hydrogen-bond donors (Lipinski definition) is 0. The number of fused-ring (bicyclic) bond motifs is 1. The first-order valence-electron chi connectivity index (χ1n) is 7.30. The molecule has 0 saturated carbocycles. The molecule has 0 aromatic heterocycles. The molecule has 4 nitrogen and oxygen atoms in total. The van der Waals surface area contributed by atoms with Crippen molar-refractivity contribution in [1.29, 1.82) is 0 Å². The molecule has 0 bridgehead atoms. The van der Waals surface area contributed by atoms with Crippen LogP contribution in [0.25, 0.3) is 0 Å². The van der Waals surface area contributed by atoms with E-state index in [-0.39, 0.29) is 35.6 Å². The van der Waals surface area contributed by atoms with Gasteiger partial charge in [-0.05, 0) is 18.6 Å². The number of hydrogen-bond acceptors (Lipinski definition) is 3. The summed E-state index contributed by atoms with van der Waals surface area (Å²) in [5.41, 5.74) is -0.933. The summed E-state index contributed by atoms with van der Waals surface area (Å²) in [7, 11) is 2.70. The predicted octanol–water partition coefficient (Wildman–Crippen LogP) is 3.46. The van der Waals surface area contributed by atoms with Crippen molar-refractivity contribution in [3.8, 4) is 11.5 Å². The second-order valence-electron chi connectivity index (χ2n) is 5.33. The van der Waals surface area contributed by atoms with Gasteiger partial charge in [-0.25, -0.2) is 17.6 Å². The van der Waals surface area contributed by atoms with Crippen LogP contribution in [0.3, 0.4) is 0 Å². The fourth-order valence-electron chi connectivity index (χ4n) is 2.91. The third kappa shape index (κ3) is 2.48. The Labute approximate surface area is 140 Å². The maximum atomic E-state index is 14.2. The maximum Gasteiger partial charge on any atom is 0.262 e. The van der Waals surface area contributed by atoms with Gasteiger partial charge in [0.25, 0.3) is 5.91 Å². The molecule has 2 aromatic carbocycles. The first-order valence-corrected chi connectivity index (χ1v) is 7.30. The van der Waals surface area contributed by atoms with Crippen LogP contribution in [0, 0.1) is 23.3 Å². The summed E-state index contributed by atoms with van der Waals surface area (Å²) >= 11 is 0. The monoisotopic (exact) mass is 355 g/mol. The quantitative estimate of drug-likeness (QED) is 0.481. The number of ether oxygens (including phenoxy) is 2. The fourth-order valence-corrected chi connectivity index (χ4v) is 2.91. The predicted molar refractivity (Wildman–Crippen MR) is 81.2 cm³/mol. The third-order valence-corrected chi connectivity index (χ3v) is 4.07. The molecule has 0 fully saturated rings. The van der Waals surface area contributed by atoms with Gasteiger partial charge in [0.15, 0.2) is 34.8 Å². The van der Waals surface area contributed by atoms with Gasteiger partial charge in [-0.2, -0.15) is 0 Å². The van der Waals surface area contributed by atoms with Crippen molar-refractivity contribution in [1.82, 2.24) is 0 Å². The van der Waals surface area contributed by atoms with E-state index in [9.17, 15) is 22.4 Å². The van der Waals surface area contributed by atoms with Gasteiger partial charge < -0.3 is 14.4 Å². The number of carbonyl (C=O) groups excluding carboxylic acids is 1. The highest BCUT2D eigenvalue weighted by Crippen LogP contribution is 2.39. The van der Waals surface area contributed by atoms with Crippen LogP contribution in [-0.4, -0.2) is 26.7 Å². The number of carbonyl (C=O) groups is 1. The molecule has 1 aliphatic rings. The number of anilines is 1. The lowest BCUT2D eigenvalue weighted by Crippen LogP contribution is -2.30. The summed E-state index contributed by atoms with van der Waals surface area (Å²) < 4.78 is 65.3. The van der Waals surface area contributed by atoms with Crippen molar-refractivity contribution < 1.29 is 31.8 Å². The first-order chi connectivity index (χ1) is 11.9. The topological polar surface area (TPSA) is 38.8 Å². The molecule has 0 saturated heterocycles. The lowest BCUT2D eigenvalue weighted by molar-refractivity contribution is 0.0985. The molecule has 0 aliphatic carbocycles. The van der Waals surface area contributed by atoms with Gasteiger partial charge in [0.1, 0.15) is 0 Å². The molecule has 2 aromatic rings. The van der Waals surface area contributed by atoms with Crippen molar-refractivity contribution in [2.24, 2.45) is 0 Å². The number of methoxy groups -OCH3 is 2. The van der Waals surface area contributed by atoms with Gasteiger partial charge in [-0.15, -0.1) is 0 Å². The molecule has 1 heterocycles. The van der Waals surface area contributed by atoms with E-state index in [1.807, 2.05) is 0 Å². The summed E-state index contributed by atoms with van der Waals surface area (Å²) in [6, 6.07) is 4.49. The molecule has 3 rings (SSSR count). The molecular formula is C17H13F4NO3. The Bertz CT molecular complexity index is 870. The molecule has 0 radical (unpaired) electrons. The lowest BCUT2D eigenvalue weighted by Gasteiger charge is -2.20. The van der Waals surface area contributed by atoms with E-state index >= 15 is 0 Å². The van der Waals surface area contributed by atoms with E-state index in [0.717, 1.165) is 4.90 Å². The van der Waals surface area contributed by atoms with Crippen LogP contribution in [0.5, 0.6) is 11.5 Å². The van der Waals surface area contributed by atoms with E-state index in [4.69, 9.17) is 9.47 Å². The summed E-state index contributed by atoms with van der Waals surface area (Å²) in [5.74, 6) is -7.28. The fraction of sp³-hybridized carbons (Fsp3) is 0.235. The van der Waals surface area contributed by atoms with Crippen LogP contribution < -0.4 is 14.4 Å². The number of para-hydroxylation sites is 1. The van der Waals surface area contributed by atoms with E-state index in [1.54, 1.807) is 6.07 Å². The molecular weight excluding hydrogens is 342 g/mol. The van der Waals surface area contributed by atoms with Gasteiger partial charge in [0.05, 0.1) is 25.5 Å². The standard InChI is InChI=1S/C17H13F4NO3/c1-24-10-5-3-4-9(16(10)25-2)17(23)22-7-6-8-11(18)12(19)13(20)14(21)15(8)22/h3-5H,6-7H2,1-2H3. The van der Waals surface area contributed by atoms with Crippen LogP contribution in [0.1, 0.15) is 15.9 Å². The third-order valence-electron chi connectivity index (χ3n) is 4.07. The average molecular weight is 355 g/mol. The van der Waals surface area contributed by atoms with Crippen molar-refractivity contribution in [2.45, 2.75) is 6.42 Å². The Morgan fingerprint density at radius 2 is 1.68 bits per heavy atom. The minimum Gasteiger partial charge on any atom is -0.493 e. The zero-order valence-electron chi connectivity index (χ0n) is 13.3. The van der Waals surface area contributed by atoms with E-state index < -0.39 is 34.9 Å². The molecule has 0 unspecified atom stereocenters.